The number of phenols is 1. The Labute approximate surface area is 367 Å². The molecule has 14 heteroatoms. The molecule has 3 aromatic heterocycles. The molecule has 6 aromatic rings. The van der Waals surface area contributed by atoms with E-state index in [1.165, 1.54) is 12.1 Å². The second kappa shape index (κ2) is 15.8. The fourth-order valence-electron chi connectivity index (χ4n) is 11.9. The summed E-state index contributed by atoms with van der Waals surface area (Å²) in [5.41, 5.74) is 6.06. The number of aromatic hydroxyl groups is 1. The van der Waals surface area contributed by atoms with Crippen molar-refractivity contribution < 1.29 is 23.0 Å². The van der Waals surface area contributed by atoms with E-state index in [1.807, 2.05) is 18.2 Å². The van der Waals surface area contributed by atoms with Crippen LogP contribution in [0.3, 0.4) is 0 Å². The number of hydrogen-bond donors (Lipinski definition) is 3. The number of aromatic amines is 1. The van der Waals surface area contributed by atoms with E-state index < -0.39 is 31.4 Å². The van der Waals surface area contributed by atoms with Gasteiger partial charge in [-0.05, 0) is 78.5 Å². The number of H-pyrrole nitrogens is 1. The van der Waals surface area contributed by atoms with Gasteiger partial charge in [0, 0.05) is 60.0 Å². The molecule has 4 saturated heterocycles. The van der Waals surface area contributed by atoms with Crippen LogP contribution in [0.4, 0.5) is 19.0 Å². The lowest BCUT2D eigenvalue weighted by atomic mass is 9.94. The van der Waals surface area contributed by atoms with Crippen LogP contribution in [-0.2, 0) is 0 Å². The van der Waals surface area contributed by atoms with Gasteiger partial charge in [0.1, 0.15) is 49.4 Å². The van der Waals surface area contributed by atoms with E-state index in [4.69, 9.17) is 19.7 Å². The van der Waals surface area contributed by atoms with Crippen molar-refractivity contribution in [3.63, 3.8) is 0 Å². The molecule has 4 fully saturated rings. The van der Waals surface area contributed by atoms with Crippen LogP contribution in [0.25, 0.3) is 55.1 Å². The summed E-state index contributed by atoms with van der Waals surface area (Å²) in [4.78, 5) is 19.6. The molecule has 63 heavy (non-hydrogen) atoms. The lowest BCUT2D eigenvalue weighted by Crippen LogP contribution is -2.51. The Bertz CT molecular complexity index is 2810. The first-order valence-electron chi connectivity index (χ1n) is 22.6. The number of piperazine rings is 1. The van der Waals surface area contributed by atoms with Crippen molar-refractivity contribution in [3.05, 3.63) is 65.9 Å². The van der Waals surface area contributed by atoms with Crippen LogP contribution in [0, 0.1) is 23.1 Å². The Morgan fingerprint density at radius 3 is 2.43 bits per heavy atom. The summed E-state index contributed by atoms with van der Waals surface area (Å²) in [6, 6.07) is 12.1. The summed E-state index contributed by atoms with van der Waals surface area (Å²) >= 11 is 0. The Balaban J connectivity index is 1.25. The number of halogens is 3. The number of benzene rings is 3. The average molecular weight is 873 g/mol. The molecule has 0 unspecified atom stereocenters. The zero-order valence-electron chi connectivity index (χ0n) is 36.8. The summed E-state index contributed by atoms with van der Waals surface area (Å²) in [5.74, 6) is 2.39. The molecule has 0 aliphatic carbocycles. The summed E-state index contributed by atoms with van der Waals surface area (Å²) in [7, 11) is -2.35. The van der Waals surface area contributed by atoms with E-state index in [9.17, 15) is 9.50 Å². The molecule has 2 bridgehead atoms. The third kappa shape index (κ3) is 6.93. The summed E-state index contributed by atoms with van der Waals surface area (Å²) < 4.78 is 56.2. The number of nitrogens with zero attached hydrogens (tertiary/aromatic N) is 6. The zero-order chi connectivity index (χ0) is 43.9. The predicted molar refractivity (Wildman–Crippen MR) is 246 cm³/mol. The number of ether oxygens (including phenoxy) is 1. The number of alkyl halides is 1. The zero-order valence-corrected chi connectivity index (χ0v) is 37.8. The summed E-state index contributed by atoms with van der Waals surface area (Å²) in [6.45, 7) is 15.8. The van der Waals surface area contributed by atoms with Crippen molar-refractivity contribution in [2.45, 2.75) is 114 Å². The first-order valence-corrected chi connectivity index (χ1v) is 24.8. The molecule has 0 amide bonds. The van der Waals surface area contributed by atoms with Gasteiger partial charge in [-0.2, -0.15) is 15.1 Å². The molecular formula is C49H55F3N8O2Si. The van der Waals surface area contributed by atoms with Crippen LogP contribution < -0.4 is 15.0 Å². The second-order valence-corrected chi connectivity index (χ2v) is 25.0. The van der Waals surface area contributed by atoms with Crippen molar-refractivity contribution in [2.75, 3.05) is 37.7 Å². The molecule has 0 saturated carbocycles. The minimum Gasteiger partial charge on any atom is -0.508 e. The van der Waals surface area contributed by atoms with Gasteiger partial charge in [0.25, 0.3) is 0 Å². The van der Waals surface area contributed by atoms with Crippen molar-refractivity contribution in [1.29, 1.82) is 0 Å². The standard InChI is InChI=1S/C49H55F3N8O2Si/c1-27(2)63(28(3)4,29(5)6)18-15-36-39(51)14-11-30-19-34(61)20-37(41(30)36)45-43(52)46-42(44(55-45)35-9-7-10-40-38(35)22-53-58-40)47(59-24-32-12-13-33(25-59)54-32)57-48(56-46)62-26-49-16-8-17-60(49)23-31(50)21-49/h7,9-11,14,19-20,22,27-29,31-33,54,61H,8,12-13,16-17,21,23-26H2,1-6H3,(H,53,58)/t31-,32-,33+,49+/m1/s1. The lowest BCUT2D eigenvalue weighted by molar-refractivity contribution is 0.107. The van der Waals surface area contributed by atoms with E-state index in [0.717, 1.165) is 43.1 Å². The maximum absolute atomic E-state index is 18.3. The van der Waals surface area contributed by atoms with Crippen LogP contribution in [0.2, 0.25) is 16.6 Å². The quantitative estimate of drug-likeness (QED) is 0.0965. The number of anilines is 1. The fraction of sp³-hybridized carbons (Fsp3) is 0.469. The van der Waals surface area contributed by atoms with Gasteiger partial charge in [-0.15, -0.1) is 5.54 Å². The second-order valence-electron chi connectivity index (χ2n) is 19.4. The third-order valence-electron chi connectivity index (χ3n) is 14.8. The van der Waals surface area contributed by atoms with Gasteiger partial charge in [0.05, 0.1) is 33.9 Å². The van der Waals surface area contributed by atoms with Crippen LogP contribution in [0.5, 0.6) is 11.8 Å². The molecule has 7 heterocycles. The number of phenolic OH excluding ortho intramolecular Hbond substituents is 1. The summed E-state index contributed by atoms with van der Waals surface area (Å²) in [5, 5.41) is 24.4. The van der Waals surface area contributed by atoms with Crippen LogP contribution >= 0.6 is 0 Å². The number of hydrogen-bond acceptors (Lipinski definition) is 9. The largest absolute Gasteiger partial charge is 0.508 e. The van der Waals surface area contributed by atoms with Crippen molar-refractivity contribution >= 4 is 46.5 Å². The highest BCUT2D eigenvalue weighted by atomic mass is 28.3. The fourth-order valence-corrected chi connectivity index (χ4v) is 17.1. The van der Waals surface area contributed by atoms with Crippen LogP contribution in [0.1, 0.15) is 79.2 Å². The smallest absolute Gasteiger partial charge is 0.319 e. The number of rotatable bonds is 9. The number of nitrogens with one attached hydrogen (secondary N) is 2. The minimum atomic E-state index is -2.35. The topological polar surface area (TPSA) is 115 Å². The molecule has 3 aromatic carbocycles. The molecule has 328 valence electrons. The van der Waals surface area contributed by atoms with Gasteiger partial charge in [-0.25, -0.2) is 18.2 Å². The van der Waals surface area contributed by atoms with Gasteiger partial charge >= 0.3 is 6.01 Å². The van der Waals surface area contributed by atoms with Crippen molar-refractivity contribution in [1.82, 2.24) is 35.4 Å². The van der Waals surface area contributed by atoms with Crippen LogP contribution in [-0.4, -0.2) is 99.8 Å². The Hall–Kier alpha value is -5.23. The maximum Gasteiger partial charge on any atom is 0.319 e. The van der Waals surface area contributed by atoms with Crippen molar-refractivity contribution in [3.8, 4) is 45.7 Å². The molecule has 3 N–H and O–H groups in total. The monoisotopic (exact) mass is 872 g/mol. The first-order chi connectivity index (χ1) is 30.3. The molecule has 0 radical (unpaired) electrons. The highest BCUT2D eigenvalue weighted by molar-refractivity contribution is 6.90. The highest BCUT2D eigenvalue weighted by Gasteiger charge is 2.49. The predicted octanol–water partition coefficient (Wildman–Crippen LogP) is 9.84. The van der Waals surface area contributed by atoms with Gasteiger partial charge in [-0.3, -0.25) is 10.00 Å². The van der Waals surface area contributed by atoms with Crippen molar-refractivity contribution in [2.24, 2.45) is 0 Å². The van der Waals surface area contributed by atoms with E-state index in [-0.39, 0.29) is 52.8 Å². The molecule has 4 atom stereocenters. The number of pyridine rings is 1. The van der Waals surface area contributed by atoms with Crippen LogP contribution in [0.15, 0.2) is 48.7 Å². The first kappa shape index (κ1) is 41.8. The Morgan fingerprint density at radius 1 is 0.921 bits per heavy atom. The van der Waals surface area contributed by atoms with Gasteiger partial charge in [0.15, 0.2) is 5.82 Å². The minimum absolute atomic E-state index is 0.00819. The molecular weight excluding hydrogens is 818 g/mol. The number of fused-ring (bicyclic) bond motifs is 6. The molecule has 4 aliphatic rings. The third-order valence-corrected chi connectivity index (χ3v) is 21.1. The van der Waals surface area contributed by atoms with E-state index in [1.54, 1.807) is 18.3 Å². The highest BCUT2D eigenvalue weighted by Crippen LogP contribution is 2.46. The Morgan fingerprint density at radius 2 is 1.68 bits per heavy atom. The molecule has 0 spiro atoms. The van der Waals surface area contributed by atoms with E-state index >= 15 is 8.78 Å². The molecule has 10 nitrogen and oxygen atoms in total. The van der Waals surface area contributed by atoms with E-state index in [2.05, 4.69) is 78.3 Å². The van der Waals surface area contributed by atoms with Gasteiger partial charge < -0.3 is 20.1 Å². The molecule has 4 aliphatic heterocycles. The molecule has 10 rings (SSSR count). The maximum atomic E-state index is 18.3. The van der Waals surface area contributed by atoms with Gasteiger partial charge in [-0.1, -0.05) is 65.7 Å². The Kier molecular flexibility index (Phi) is 10.5. The number of aromatic nitrogens is 5. The van der Waals surface area contributed by atoms with Gasteiger partial charge in [0.2, 0.25) is 0 Å². The normalized spacial score (nSPS) is 22.6. The van der Waals surface area contributed by atoms with E-state index in [0.29, 0.717) is 75.9 Å². The summed E-state index contributed by atoms with van der Waals surface area (Å²) in [6.07, 6.45) is 4.88. The average Bonchev–Trinajstić information content (AvgIpc) is 4.03. The lowest BCUT2D eigenvalue weighted by Gasteiger charge is -2.38. The SMILES string of the molecule is CC(C)[Si](C#Cc1c(F)ccc2cc(O)cc(-c3nc(-c4cccc5[nH]ncc45)c4c(N5C[C@H]6CC[C@@H](C5)N6)nc(OC[C@@]56CCCN5C[C@H](F)C6)nc4c3F)c12)(C(C)C)C(C)C.